The highest BCUT2D eigenvalue weighted by Crippen LogP contribution is 2.35. The van der Waals surface area contributed by atoms with Gasteiger partial charge in [0.15, 0.2) is 0 Å². The molecule has 1 saturated heterocycles. The minimum Gasteiger partial charge on any atom is -0.467 e. The van der Waals surface area contributed by atoms with E-state index in [2.05, 4.69) is 6.92 Å². The molecule has 2 rings (SSSR count). The maximum Gasteiger partial charge on any atom is 0.410 e. The van der Waals surface area contributed by atoms with Gasteiger partial charge >= 0.3 is 6.09 Å². The maximum atomic E-state index is 12.3. The van der Waals surface area contributed by atoms with Gasteiger partial charge < -0.3 is 9.15 Å². The predicted molar refractivity (Wildman–Crippen MR) is 72.8 cm³/mol. The van der Waals surface area contributed by atoms with Gasteiger partial charge in [-0.25, -0.2) is 4.79 Å². The molecular weight excluding hydrogens is 242 g/mol. The molecule has 2 atom stereocenters. The van der Waals surface area contributed by atoms with Crippen LogP contribution >= 0.6 is 0 Å². The van der Waals surface area contributed by atoms with Crippen molar-refractivity contribution in [1.29, 1.82) is 0 Å². The van der Waals surface area contributed by atoms with Crippen LogP contribution in [0.15, 0.2) is 22.8 Å². The van der Waals surface area contributed by atoms with Crippen molar-refractivity contribution < 1.29 is 13.9 Å². The zero-order chi connectivity index (χ0) is 14.0. The summed E-state index contributed by atoms with van der Waals surface area (Å²) < 4.78 is 11.0. The molecule has 1 aliphatic heterocycles. The van der Waals surface area contributed by atoms with E-state index < -0.39 is 5.60 Å². The van der Waals surface area contributed by atoms with E-state index in [9.17, 15) is 4.79 Å². The first-order valence-electron chi connectivity index (χ1n) is 6.90. The van der Waals surface area contributed by atoms with Crippen LogP contribution in [0.5, 0.6) is 0 Å². The highest BCUT2D eigenvalue weighted by molar-refractivity contribution is 5.68. The van der Waals surface area contributed by atoms with Gasteiger partial charge in [0.2, 0.25) is 0 Å². The molecular formula is C15H23NO3. The van der Waals surface area contributed by atoms with Crippen LogP contribution in [-0.2, 0) is 4.74 Å². The third kappa shape index (κ3) is 3.52. The Bertz CT molecular complexity index is 419. The molecule has 0 aromatic carbocycles. The molecule has 1 aromatic heterocycles. The molecule has 2 unspecified atom stereocenters. The number of rotatable bonds is 1. The predicted octanol–water partition coefficient (Wildman–Crippen LogP) is 3.99. The smallest absolute Gasteiger partial charge is 0.410 e. The van der Waals surface area contributed by atoms with Gasteiger partial charge in [-0.2, -0.15) is 0 Å². The number of furan rings is 1. The lowest BCUT2D eigenvalue weighted by molar-refractivity contribution is 0.00208. The largest absolute Gasteiger partial charge is 0.467 e. The highest BCUT2D eigenvalue weighted by atomic mass is 16.6. The van der Waals surface area contributed by atoms with Crippen molar-refractivity contribution in [2.75, 3.05) is 6.54 Å². The van der Waals surface area contributed by atoms with E-state index >= 15 is 0 Å². The van der Waals surface area contributed by atoms with Crippen LogP contribution in [0.3, 0.4) is 0 Å². The summed E-state index contributed by atoms with van der Waals surface area (Å²) in [7, 11) is 0. The van der Waals surface area contributed by atoms with Gasteiger partial charge in [0.1, 0.15) is 11.4 Å². The first-order chi connectivity index (χ1) is 8.87. The van der Waals surface area contributed by atoms with Gasteiger partial charge in [0.25, 0.3) is 0 Å². The average molecular weight is 265 g/mol. The van der Waals surface area contributed by atoms with E-state index in [1.807, 2.05) is 32.9 Å². The number of piperidine rings is 1. The Morgan fingerprint density at radius 1 is 1.47 bits per heavy atom. The second kappa shape index (κ2) is 5.27. The Morgan fingerprint density at radius 2 is 2.21 bits per heavy atom. The van der Waals surface area contributed by atoms with Crippen LogP contribution in [0.2, 0.25) is 0 Å². The van der Waals surface area contributed by atoms with Gasteiger partial charge in [-0.3, -0.25) is 4.90 Å². The molecule has 19 heavy (non-hydrogen) atoms. The summed E-state index contributed by atoms with van der Waals surface area (Å²) in [4.78, 5) is 14.1. The first-order valence-corrected chi connectivity index (χ1v) is 6.90. The van der Waals surface area contributed by atoms with Crippen molar-refractivity contribution in [3.63, 3.8) is 0 Å². The lowest BCUT2D eigenvalue weighted by Gasteiger charge is -2.38. The van der Waals surface area contributed by atoms with Crippen LogP contribution < -0.4 is 0 Å². The molecule has 1 aliphatic rings. The fraction of sp³-hybridized carbons (Fsp3) is 0.667. The van der Waals surface area contributed by atoms with Gasteiger partial charge in [0.05, 0.1) is 12.3 Å². The quantitative estimate of drug-likeness (QED) is 0.771. The SMILES string of the molecule is CC1CCN(C(=O)OC(C)(C)C)C(c2ccco2)C1. The third-order valence-electron chi connectivity index (χ3n) is 3.36. The zero-order valence-electron chi connectivity index (χ0n) is 12.2. The number of carbonyl (C=O) groups is 1. The second-order valence-electron chi connectivity index (χ2n) is 6.33. The van der Waals surface area contributed by atoms with Crippen molar-refractivity contribution in [3.8, 4) is 0 Å². The molecule has 0 bridgehead atoms. The number of likely N-dealkylation sites (tertiary alicyclic amines) is 1. The Balaban J connectivity index is 2.14. The molecule has 106 valence electrons. The highest BCUT2D eigenvalue weighted by Gasteiger charge is 2.35. The van der Waals surface area contributed by atoms with E-state index in [0.29, 0.717) is 5.92 Å². The van der Waals surface area contributed by atoms with Gasteiger partial charge in [-0.1, -0.05) is 6.92 Å². The summed E-state index contributed by atoms with van der Waals surface area (Å²) in [6.07, 6.45) is 3.34. The zero-order valence-corrected chi connectivity index (χ0v) is 12.2. The van der Waals surface area contributed by atoms with E-state index in [1.54, 1.807) is 11.2 Å². The lowest BCUT2D eigenvalue weighted by Crippen LogP contribution is -2.43. The monoisotopic (exact) mass is 265 g/mol. The van der Waals surface area contributed by atoms with Gasteiger partial charge in [-0.15, -0.1) is 0 Å². The van der Waals surface area contributed by atoms with Crippen LogP contribution in [-0.4, -0.2) is 23.1 Å². The van der Waals surface area contributed by atoms with E-state index in [0.717, 1.165) is 25.1 Å². The average Bonchev–Trinajstić information content (AvgIpc) is 2.79. The van der Waals surface area contributed by atoms with Gasteiger partial charge in [-0.05, 0) is 51.7 Å². The lowest BCUT2D eigenvalue weighted by atomic mass is 9.91. The number of nitrogens with zero attached hydrogens (tertiary/aromatic N) is 1. The van der Waals surface area contributed by atoms with E-state index in [-0.39, 0.29) is 12.1 Å². The van der Waals surface area contributed by atoms with Gasteiger partial charge in [0, 0.05) is 6.54 Å². The van der Waals surface area contributed by atoms with Crippen molar-refractivity contribution in [2.24, 2.45) is 5.92 Å². The van der Waals surface area contributed by atoms with Crippen LogP contribution in [0, 0.1) is 5.92 Å². The molecule has 4 heteroatoms. The summed E-state index contributed by atoms with van der Waals surface area (Å²) in [6.45, 7) is 8.60. The van der Waals surface area contributed by atoms with Crippen molar-refractivity contribution in [2.45, 2.75) is 52.2 Å². The fourth-order valence-corrected chi connectivity index (χ4v) is 2.43. The summed E-state index contributed by atoms with van der Waals surface area (Å²) in [5, 5.41) is 0. The molecule has 0 spiro atoms. The molecule has 1 fully saturated rings. The number of hydrogen-bond donors (Lipinski definition) is 0. The summed E-state index contributed by atoms with van der Waals surface area (Å²) in [5.74, 6) is 1.44. The summed E-state index contributed by atoms with van der Waals surface area (Å²) in [6, 6.07) is 3.79. The Morgan fingerprint density at radius 3 is 2.79 bits per heavy atom. The number of amides is 1. The molecule has 1 aromatic rings. The van der Waals surface area contributed by atoms with Crippen LogP contribution in [0.4, 0.5) is 4.79 Å². The molecule has 0 saturated carbocycles. The van der Waals surface area contributed by atoms with Crippen molar-refractivity contribution in [3.05, 3.63) is 24.2 Å². The molecule has 4 nitrogen and oxygen atoms in total. The van der Waals surface area contributed by atoms with Crippen molar-refractivity contribution in [1.82, 2.24) is 4.90 Å². The number of ether oxygens (including phenoxy) is 1. The normalized spacial score (nSPS) is 24.3. The summed E-state index contributed by atoms with van der Waals surface area (Å²) in [5.41, 5.74) is -0.464. The Kier molecular flexibility index (Phi) is 3.88. The second-order valence-corrected chi connectivity index (χ2v) is 6.33. The van der Waals surface area contributed by atoms with E-state index in [4.69, 9.17) is 9.15 Å². The minimum atomic E-state index is -0.464. The van der Waals surface area contributed by atoms with E-state index in [1.165, 1.54) is 0 Å². The molecule has 0 radical (unpaired) electrons. The Hall–Kier alpha value is -1.45. The van der Waals surface area contributed by atoms with Crippen LogP contribution in [0.25, 0.3) is 0 Å². The molecule has 2 heterocycles. The Labute approximate surface area is 114 Å². The number of carbonyl (C=O) groups excluding carboxylic acids is 1. The summed E-state index contributed by atoms with van der Waals surface area (Å²) >= 11 is 0. The fourth-order valence-electron chi connectivity index (χ4n) is 2.43. The topological polar surface area (TPSA) is 42.7 Å². The van der Waals surface area contributed by atoms with Crippen LogP contribution in [0.1, 0.15) is 52.3 Å². The molecule has 0 N–H and O–H groups in total. The first kappa shape index (κ1) is 14.0. The third-order valence-corrected chi connectivity index (χ3v) is 3.36. The standard InChI is InChI=1S/C15H23NO3/c1-11-7-8-16(14(17)19-15(2,3)4)12(10-11)13-6-5-9-18-13/h5-6,9,11-12H,7-8,10H2,1-4H3. The number of hydrogen-bond acceptors (Lipinski definition) is 3. The molecule has 0 aliphatic carbocycles. The molecule has 1 amide bonds. The maximum absolute atomic E-state index is 12.3. The minimum absolute atomic E-state index is 0.00593. The van der Waals surface area contributed by atoms with Crippen molar-refractivity contribution >= 4 is 6.09 Å².